The van der Waals surface area contributed by atoms with E-state index in [4.69, 9.17) is 10.3 Å². The normalized spacial score (nSPS) is 13.9. The van der Waals surface area contributed by atoms with Gasteiger partial charge >= 0.3 is 0 Å². The lowest BCUT2D eigenvalue weighted by atomic mass is 9.87. The molecular weight excluding hydrogens is 252 g/mol. The predicted octanol–water partition coefficient (Wildman–Crippen LogP) is 2.26. The van der Waals surface area contributed by atoms with Crippen LogP contribution in [0.3, 0.4) is 0 Å². The molecular formula is C15H30N4O. The Morgan fingerprint density at radius 3 is 2.45 bits per heavy atom. The van der Waals surface area contributed by atoms with Crippen LogP contribution in [0.25, 0.3) is 0 Å². The van der Waals surface area contributed by atoms with Crippen molar-refractivity contribution in [2.24, 2.45) is 11.1 Å². The van der Waals surface area contributed by atoms with Crippen molar-refractivity contribution in [1.82, 2.24) is 15.0 Å². The van der Waals surface area contributed by atoms with Gasteiger partial charge in [-0.3, -0.25) is 0 Å². The molecule has 2 N–H and O–H groups in total. The molecule has 0 amide bonds. The summed E-state index contributed by atoms with van der Waals surface area (Å²) in [4.78, 5) is 6.78. The van der Waals surface area contributed by atoms with E-state index in [1.54, 1.807) is 0 Å². The lowest BCUT2D eigenvalue weighted by Gasteiger charge is -2.21. The molecule has 1 aromatic rings. The maximum Gasteiger partial charge on any atom is 0.228 e. The number of likely N-dealkylation sites (N-methyl/N-ethyl adjacent to an activating group) is 1. The Morgan fingerprint density at radius 1 is 1.25 bits per heavy atom. The van der Waals surface area contributed by atoms with Crippen LogP contribution in [-0.4, -0.2) is 40.7 Å². The maximum atomic E-state index is 6.13. The molecule has 1 heterocycles. The molecule has 116 valence electrons. The molecule has 5 heteroatoms. The lowest BCUT2D eigenvalue weighted by molar-refractivity contribution is 0.300. The van der Waals surface area contributed by atoms with E-state index in [0.29, 0.717) is 12.3 Å². The molecule has 0 aliphatic heterocycles. The number of hydrogen-bond acceptors (Lipinski definition) is 5. The van der Waals surface area contributed by atoms with Crippen molar-refractivity contribution in [2.75, 3.05) is 19.6 Å². The highest BCUT2D eigenvalue weighted by Crippen LogP contribution is 2.21. The van der Waals surface area contributed by atoms with Gasteiger partial charge in [0.15, 0.2) is 5.82 Å². The summed E-state index contributed by atoms with van der Waals surface area (Å²) in [6.45, 7) is 14.0. The van der Waals surface area contributed by atoms with E-state index < -0.39 is 0 Å². The van der Waals surface area contributed by atoms with Crippen LogP contribution >= 0.6 is 0 Å². The van der Waals surface area contributed by atoms with Crippen molar-refractivity contribution in [3.8, 4) is 0 Å². The molecule has 1 atom stereocenters. The zero-order valence-corrected chi connectivity index (χ0v) is 13.6. The molecule has 0 spiro atoms. The minimum absolute atomic E-state index is 0.0751. The SMILES string of the molecule is CCN(CC)CCc1noc(CC(N)CC(C)(C)C)n1. The molecule has 20 heavy (non-hydrogen) atoms. The standard InChI is InChI=1S/C15H30N4O/c1-6-19(7-2)9-8-13-17-14(20-18-13)10-12(16)11-15(3,4)5/h12H,6-11,16H2,1-5H3. The molecule has 1 aromatic heterocycles. The van der Waals surface area contributed by atoms with E-state index in [2.05, 4.69) is 49.7 Å². The van der Waals surface area contributed by atoms with E-state index in [1.165, 1.54) is 0 Å². The number of nitrogens with two attached hydrogens (primary N) is 1. The summed E-state index contributed by atoms with van der Waals surface area (Å²) >= 11 is 0. The molecule has 0 aliphatic carbocycles. The van der Waals surface area contributed by atoms with Gasteiger partial charge in [0.25, 0.3) is 0 Å². The van der Waals surface area contributed by atoms with Crippen molar-refractivity contribution >= 4 is 0 Å². The van der Waals surface area contributed by atoms with Crippen LogP contribution in [-0.2, 0) is 12.8 Å². The van der Waals surface area contributed by atoms with E-state index in [-0.39, 0.29) is 11.5 Å². The van der Waals surface area contributed by atoms with Gasteiger partial charge in [-0.05, 0) is 24.9 Å². The molecule has 0 radical (unpaired) electrons. The first-order valence-electron chi connectivity index (χ1n) is 7.63. The average molecular weight is 282 g/mol. The van der Waals surface area contributed by atoms with Crippen molar-refractivity contribution in [1.29, 1.82) is 0 Å². The van der Waals surface area contributed by atoms with E-state index >= 15 is 0 Å². The summed E-state index contributed by atoms with van der Waals surface area (Å²) < 4.78 is 5.29. The summed E-state index contributed by atoms with van der Waals surface area (Å²) in [7, 11) is 0. The number of nitrogens with zero attached hydrogens (tertiary/aromatic N) is 3. The number of aromatic nitrogens is 2. The molecule has 0 saturated heterocycles. The Balaban J connectivity index is 2.43. The van der Waals surface area contributed by atoms with Gasteiger partial charge in [0.05, 0.1) is 0 Å². The summed E-state index contributed by atoms with van der Waals surface area (Å²) in [6.07, 6.45) is 2.44. The third-order valence-electron chi connectivity index (χ3n) is 3.37. The third kappa shape index (κ3) is 6.48. The summed E-state index contributed by atoms with van der Waals surface area (Å²) in [5, 5.41) is 4.04. The minimum atomic E-state index is 0.0751. The molecule has 0 aromatic carbocycles. The highest BCUT2D eigenvalue weighted by molar-refractivity contribution is 4.90. The topological polar surface area (TPSA) is 68.2 Å². The second-order valence-corrected chi connectivity index (χ2v) is 6.61. The zero-order chi connectivity index (χ0) is 15.2. The van der Waals surface area contributed by atoms with E-state index in [9.17, 15) is 0 Å². The Labute approximate surface area is 122 Å². The van der Waals surface area contributed by atoms with Gasteiger partial charge in [-0.15, -0.1) is 0 Å². The first-order chi connectivity index (χ1) is 9.34. The van der Waals surface area contributed by atoms with Crippen LogP contribution in [0.4, 0.5) is 0 Å². The van der Waals surface area contributed by atoms with Crippen LogP contribution in [0.2, 0.25) is 0 Å². The van der Waals surface area contributed by atoms with Crippen LogP contribution in [0, 0.1) is 5.41 Å². The largest absolute Gasteiger partial charge is 0.339 e. The number of hydrogen-bond donors (Lipinski definition) is 1. The van der Waals surface area contributed by atoms with Crippen molar-refractivity contribution in [2.45, 2.75) is 59.9 Å². The predicted molar refractivity (Wildman–Crippen MR) is 81.5 cm³/mol. The van der Waals surface area contributed by atoms with Crippen molar-refractivity contribution < 1.29 is 4.52 Å². The van der Waals surface area contributed by atoms with Gasteiger partial charge < -0.3 is 15.2 Å². The molecule has 1 rings (SSSR count). The Morgan fingerprint density at radius 2 is 1.90 bits per heavy atom. The molecule has 0 fully saturated rings. The molecule has 0 bridgehead atoms. The highest BCUT2D eigenvalue weighted by atomic mass is 16.5. The smallest absolute Gasteiger partial charge is 0.228 e. The molecule has 0 aliphatic rings. The van der Waals surface area contributed by atoms with Crippen LogP contribution in [0.15, 0.2) is 4.52 Å². The fourth-order valence-corrected chi connectivity index (χ4v) is 2.36. The van der Waals surface area contributed by atoms with Crippen molar-refractivity contribution in [3.63, 3.8) is 0 Å². The van der Waals surface area contributed by atoms with E-state index in [1.807, 2.05) is 0 Å². The van der Waals surface area contributed by atoms with Crippen LogP contribution in [0.5, 0.6) is 0 Å². The monoisotopic (exact) mass is 282 g/mol. The first kappa shape index (κ1) is 17.1. The fraction of sp³-hybridized carbons (Fsp3) is 0.867. The Hall–Kier alpha value is -0.940. The third-order valence-corrected chi connectivity index (χ3v) is 3.37. The van der Waals surface area contributed by atoms with Crippen LogP contribution in [0.1, 0.15) is 52.8 Å². The fourth-order valence-electron chi connectivity index (χ4n) is 2.36. The van der Waals surface area contributed by atoms with Gasteiger partial charge in [-0.2, -0.15) is 4.98 Å². The summed E-state index contributed by atoms with van der Waals surface area (Å²) in [6, 6.07) is 0.0751. The Bertz CT molecular complexity index is 379. The van der Waals surface area contributed by atoms with Gasteiger partial charge in [0, 0.05) is 25.4 Å². The zero-order valence-electron chi connectivity index (χ0n) is 13.6. The van der Waals surface area contributed by atoms with E-state index in [0.717, 1.165) is 38.3 Å². The second kappa shape index (κ2) is 7.74. The maximum absolute atomic E-state index is 6.13. The summed E-state index contributed by atoms with van der Waals surface area (Å²) in [5.74, 6) is 1.45. The average Bonchev–Trinajstić information content (AvgIpc) is 2.75. The second-order valence-electron chi connectivity index (χ2n) is 6.61. The molecule has 0 saturated carbocycles. The van der Waals surface area contributed by atoms with Gasteiger partial charge in [-0.25, -0.2) is 0 Å². The number of rotatable bonds is 8. The van der Waals surface area contributed by atoms with Gasteiger partial charge in [0.1, 0.15) is 0 Å². The van der Waals surface area contributed by atoms with Crippen molar-refractivity contribution in [3.05, 3.63) is 11.7 Å². The molecule has 1 unspecified atom stereocenters. The van der Waals surface area contributed by atoms with Gasteiger partial charge in [-0.1, -0.05) is 39.8 Å². The quantitative estimate of drug-likeness (QED) is 0.792. The lowest BCUT2D eigenvalue weighted by Crippen LogP contribution is -2.28. The Kier molecular flexibility index (Phi) is 6.62. The minimum Gasteiger partial charge on any atom is -0.339 e. The summed E-state index contributed by atoms with van der Waals surface area (Å²) in [5.41, 5.74) is 6.36. The highest BCUT2D eigenvalue weighted by Gasteiger charge is 2.18. The molecule has 5 nitrogen and oxygen atoms in total. The first-order valence-corrected chi connectivity index (χ1v) is 7.63. The van der Waals surface area contributed by atoms with Crippen LogP contribution < -0.4 is 5.73 Å². The van der Waals surface area contributed by atoms with Gasteiger partial charge in [0.2, 0.25) is 5.89 Å².